The second-order valence-electron chi connectivity index (χ2n) is 6.37. The van der Waals surface area contributed by atoms with E-state index in [4.69, 9.17) is 4.74 Å². The number of piperazine rings is 1. The Bertz CT molecular complexity index is 768. The van der Waals surface area contributed by atoms with Gasteiger partial charge in [0.2, 0.25) is 5.91 Å². The maximum atomic E-state index is 12.4. The number of pyridine rings is 1. The summed E-state index contributed by atoms with van der Waals surface area (Å²) in [5.41, 5.74) is 2.16. The fourth-order valence-corrected chi connectivity index (χ4v) is 4.01. The Kier molecular flexibility index (Phi) is 6.00. The van der Waals surface area contributed by atoms with Crippen LogP contribution in [-0.2, 0) is 22.5 Å². The van der Waals surface area contributed by atoms with Crippen LogP contribution in [0.4, 0.5) is 0 Å². The third-order valence-electron chi connectivity index (χ3n) is 4.63. The van der Waals surface area contributed by atoms with Gasteiger partial charge in [-0.25, -0.2) is 4.79 Å². The van der Waals surface area contributed by atoms with Crippen LogP contribution in [0.1, 0.15) is 25.7 Å². The first kappa shape index (κ1) is 18.5. The van der Waals surface area contributed by atoms with Gasteiger partial charge in [0.25, 0.3) is 0 Å². The SMILES string of the molecule is COC(=O)c1cc(CN2CCN(C(=O)Cc3ccncc3)CC2)c(C)s1. The Hall–Kier alpha value is -2.25. The summed E-state index contributed by atoms with van der Waals surface area (Å²) in [4.78, 5) is 34.1. The average molecular weight is 373 g/mol. The first-order valence-corrected chi connectivity index (χ1v) is 9.45. The number of carbonyl (C=O) groups is 2. The van der Waals surface area contributed by atoms with Gasteiger partial charge in [0.1, 0.15) is 4.88 Å². The molecule has 1 aliphatic heterocycles. The van der Waals surface area contributed by atoms with E-state index in [2.05, 4.69) is 9.88 Å². The van der Waals surface area contributed by atoms with Crippen LogP contribution in [0.15, 0.2) is 30.6 Å². The van der Waals surface area contributed by atoms with Crippen molar-refractivity contribution in [1.82, 2.24) is 14.8 Å². The van der Waals surface area contributed by atoms with E-state index in [0.717, 1.165) is 48.7 Å². The lowest BCUT2D eigenvalue weighted by molar-refractivity contribution is -0.132. The van der Waals surface area contributed by atoms with Crippen molar-refractivity contribution in [1.29, 1.82) is 0 Å². The van der Waals surface area contributed by atoms with Gasteiger partial charge in [0.15, 0.2) is 0 Å². The summed E-state index contributed by atoms with van der Waals surface area (Å²) in [6.45, 7) is 5.97. The van der Waals surface area contributed by atoms with Crippen molar-refractivity contribution in [2.75, 3.05) is 33.3 Å². The summed E-state index contributed by atoms with van der Waals surface area (Å²) in [7, 11) is 1.40. The number of ether oxygens (including phenoxy) is 1. The van der Waals surface area contributed by atoms with Crippen molar-refractivity contribution in [3.05, 3.63) is 51.5 Å². The lowest BCUT2D eigenvalue weighted by atomic mass is 10.1. The zero-order chi connectivity index (χ0) is 18.5. The van der Waals surface area contributed by atoms with Crippen LogP contribution in [0.3, 0.4) is 0 Å². The molecule has 0 unspecified atom stereocenters. The minimum Gasteiger partial charge on any atom is -0.465 e. The molecular weight excluding hydrogens is 350 g/mol. The molecule has 7 heteroatoms. The number of methoxy groups -OCH3 is 1. The third-order valence-corrected chi connectivity index (χ3v) is 5.70. The molecule has 1 aliphatic rings. The monoisotopic (exact) mass is 373 g/mol. The Morgan fingerprint density at radius 3 is 2.54 bits per heavy atom. The number of thiophene rings is 1. The van der Waals surface area contributed by atoms with Crippen LogP contribution < -0.4 is 0 Å². The molecule has 0 spiro atoms. The summed E-state index contributed by atoms with van der Waals surface area (Å²) in [6.07, 6.45) is 3.85. The molecule has 0 bridgehead atoms. The highest BCUT2D eigenvalue weighted by Crippen LogP contribution is 2.24. The molecule has 138 valence electrons. The largest absolute Gasteiger partial charge is 0.465 e. The molecule has 1 fully saturated rings. The molecule has 3 rings (SSSR count). The molecule has 0 saturated carbocycles. The Morgan fingerprint density at radius 1 is 1.19 bits per heavy atom. The number of esters is 1. The number of carbonyl (C=O) groups excluding carboxylic acids is 2. The second kappa shape index (κ2) is 8.42. The van der Waals surface area contributed by atoms with Gasteiger partial charge in [-0.3, -0.25) is 14.7 Å². The maximum absolute atomic E-state index is 12.4. The van der Waals surface area contributed by atoms with Crippen LogP contribution >= 0.6 is 11.3 Å². The third kappa shape index (κ3) is 4.47. The minimum absolute atomic E-state index is 0.163. The summed E-state index contributed by atoms with van der Waals surface area (Å²) in [5.74, 6) is -0.119. The van der Waals surface area contributed by atoms with Crippen LogP contribution in [0.25, 0.3) is 0 Å². The quantitative estimate of drug-likeness (QED) is 0.752. The number of hydrogen-bond donors (Lipinski definition) is 0. The number of amides is 1. The molecule has 2 aromatic rings. The topological polar surface area (TPSA) is 62.7 Å². The highest BCUT2D eigenvalue weighted by Gasteiger charge is 2.22. The molecule has 0 N–H and O–H groups in total. The van der Waals surface area contributed by atoms with E-state index in [1.165, 1.54) is 18.4 Å². The Morgan fingerprint density at radius 2 is 1.88 bits per heavy atom. The lowest BCUT2D eigenvalue weighted by Gasteiger charge is -2.34. The molecule has 0 aromatic carbocycles. The molecule has 0 radical (unpaired) electrons. The molecule has 0 aliphatic carbocycles. The molecule has 6 nitrogen and oxygen atoms in total. The van der Waals surface area contributed by atoms with Gasteiger partial charge >= 0.3 is 5.97 Å². The highest BCUT2D eigenvalue weighted by atomic mass is 32.1. The fraction of sp³-hybridized carbons (Fsp3) is 0.421. The molecule has 2 aromatic heterocycles. The number of hydrogen-bond acceptors (Lipinski definition) is 6. The van der Waals surface area contributed by atoms with Gasteiger partial charge in [-0.2, -0.15) is 0 Å². The van der Waals surface area contributed by atoms with Crippen molar-refractivity contribution < 1.29 is 14.3 Å². The lowest BCUT2D eigenvalue weighted by Crippen LogP contribution is -2.48. The summed E-state index contributed by atoms with van der Waals surface area (Å²) < 4.78 is 4.79. The molecule has 1 amide bonds. The van der Waals surface area contributed by atoms with E-state index in [1.54, 1.807) is 12.4 Å². The van der Waals surface area contributed by atoms with Crippen molar-refractivity contribution in [3.8, 4) is 0 Å². The molecule has 26 heavy (non-hydrogen) atoms. The Labute approximate surface area is 157 Å². The zero-order valence-corrected chi connectivity index (χ0v) is 15.9. The van der Waals surface area contributed by atoms with Gasteiger partial charge in [-0.05, 0) is 36.2 Å². The van der Waals surface area contributed by atoms with Crippen molar-refractivity contribution in [2.24, 2.45) is 0 Å². The fourth-order valence-electron chi connectivity index (χ4n) is 3.06. The van der Waals surface area contributed by atoms with Crippen LogP contribution in [0.2, 0.25) is 0 Å². The second-order valence-corrected chi connectivity index (χ2v) is 7.63. The number of aryl methyl sites for hydroxylation is 1. The normalized spacial score (nSPS) is 15.1. The number of rotatable bonds is 5. The standard InChI is InChI=1S/C19H23N3O3S/c1-14-16(12-17(26-14)19(24)25-2)13-21-7-9-22(10-8-21)18(23)11-15-3-5-20-6-4-15/h3-6,12H,7-11,13H2,1-2H3. The van der Waals surface area contributed by atoms with Gasteiger partial charge in [-0.1, -0.05) is 0 Å². The van der Waals surface area contributed by atoms with E-state index >= 15 is 0 Å². The zero-order valence-electron chi connectivity index (χ0n) is 15.1. The smallest absolute Gasteiger partial charge is 0.348 e. The summed E-state index contributed by atoms with van der Waals surface area (Å²) >= 11 is 1.47. The van der Waals surface area contributed by atoms with Crippen molar-refractivity contribution in [2.45, 2.75) is 19.9 Å². The first-order chi connectivity index (χ1) is 12.6. The molecule has 1 saturated heterocycles. The van der Waals surface area contributed by atoms with Crippen molar-refractivity contribution >= 4 is 23.2 Å². The van der Waals surface area contributed by atoms with Gasteiger partial charge in [0, 0.05) is 50.0 Å². The number of nitrogens with zero attached hydrogens (tertiary/aromatic N) is 3. The first-order valence-electron chi connectivity index (χ1n) is 8.63. The molecule has 3 heterocycles. The minimum atomic E-state index is -0.282. The summed E-state index contributed by atoms with van der Waals surface area (Å²) in [5, 5.41) is 0. The van der Waals surface area contributed by atoms with Gasteiger partial charge < -0.3 is 9.64 Å². The molecule has 0 atom stereocenters. The van der Waals surface area contributed by atoms with Crippen LogP contribution in [-0.4, -0.2) is 59.9 Å². The highest BCUT2D eigenvalue weighted by molar-refractivity contribution is 7.14. The van der Waals surface area contributed by atoms with E-state index in [-0.39, 0.29) is 11.9 Å². The predicted molar refractivity (Wildman–Crippen MR) is 100 cm³/mol. The Balaban J connectivity index is 1.52. The van der Waals surface area contributed by atoms with Crippen LogP contribution in [0, 0.1) is 6.92 Å². The van der Waals surface area contributed by atoms with Gasteiger partial charge in [0.05, 0.1) is 13.5 Å². The molecular formula is C19H23N3O3S. The van der Waals surface area contributed by atoms with E-state index in [1.807, 2.05) is 30.0 Å². The number of aromatic nitrogens is 1. The van der Waals surface area contributed by atoms with Gasteiger partial charge in [-0.15, -0.1) is 11.3 Å². The average Bonchev–Trinajstić information content (AvgIpc) is 3.03. The van der Waals surface area contributed by atoms with E-state index < -0.39 is 0 Å². The van der Waals surface area contributed by atoms with E-state index in [0.29, 0.717) is 11.3 Å². The maximum Gasteiger partial charge on any atom is 0.348 e. The predicted octanol–water partition coefficient (Wildman–Crippen LogP) is 2.13. The summed E-state index contributed by atoms with van der Waals surface area (Å²) in [6, 6.07) is 5.69. The van der Waals surface area contributed by atoms with Crippen LogP contribution in [0.5, 0.6) is 0 Å². The van der Waals surface area contributed by atoms with E-state index in [9.17, 15) is 9.59 Å². The van der Waals surface area contributed by atoms with Crippen molar-refractivity contribution in [3.63, 3.8) is 0 Å².